The van der Waals surface area contributed by atoms with E-state index in [9.17, 15) is 4.39 Å². The lowest BCUT2D eigenvalue weighted by Gasteiger charge is -2.31. The van der Waals surface area contributed by atoms with Crippen LogP contribution < -0.4 is 10.6 Å². The lowest BCUT2D eigenvalue weighted by atomic mass is 10.2. The van der Waals surface area contributed by atoms with Gasteiger partial charge in [0.05, 0.1) is 5.56 Å². The third-order valence-electron chi connectivity index (χ3n) is 3.45. The van der Waals surface area contributed by atoms with Gasteiger partial charge in [0.15, 0.2) is 0 Å². The molecule has 0 aliphatic carbocycles. The first-order valence-electron chi connectivity index (χ1n) is 6.46. The van der Waals surface area contributed by atoms with Crippen molar-refractivity contribution in [1.82, 2.24) is 15.0 Å². The van der Waals surface area contributed by atoms with E-state index in [0.717, 1.165) is 26.2 Å². The van der Waals surface area contributed by atoms with Gasteiger partial charge in [-0.3, -0.25) is 0 Å². The zero-order chi connectivity index (χ0) is 14.1. The van der Waals surface area contributed by atoms with E-state index in [-0.39, 0.29) is 5.82 Å². The molecule has 1 aromatic heterocycles. The predicted molar refractivity (Wildman–Crippen MR) is 73.8 cm³/mol. The number of rotatable bonds is 2. The summed E-state index contributed by atoms with van der Waals surface area (Å²) < 4.78 is 18.3. The third kappa shape index (κ3) is 2.44. The Morgan fingerprint density at radius 2 is 2.00 bits per heavy atom. The monoisotopic (exact) mass is 277 g/mol. The van der Waals surface area contributed by atoms with Crippen molar-refractivity contribution in [2.45, 2.75) is 0 Å². The van der Waals surface area contributed by atoms with Gasteiger partial charge in [-0.15, -0.1) is 0 Å². The van der Waals surface area contributed by atoms with E-state index in [2.05, 4.69) is 27.0 Å². The minimum Gasteiger partial charge on any atom is -0.398 e. The van der Waals surface area contributed by atoms with E-state index in [1.165, 1.54) is 12.1 Å². The van der Waals surface area contributed by atoms with Crippen molar-refractivity contribution in [1.29, 1.82) is 0 Å². The van der Waals surface area contributed by atoms with Gasteiger partial charge in [-0.05, 0) is 30.4 Å². The molecule has 6 nitrogen and oxygen atoms in total. The summed E-state index contributed by atoms with van der Waals surface area (Å²) in [5.41, 5.74) is 6.62. The number of halogens is 1. The van der Waals surface area contributed by atoms with Gasteiger partial charge in [-0.1, -0.05) is 0 Å². The third-order valence-corrected chi connectivity index (χ3v) is 3.45. The summed E-state index contributed by atoms with van der Waals surface area (Å²) in [7, 11) is 2.08. The van der Waals surface area contributed by atoms with Gasteiger partial charge in [-0.25, -0.2) is 4.39 Å². The van der Waals surface area contributed by atoms with E-state index < -0.39 is 0 Å². The first-order valence-corrected chi connectivity index (χ1v) is 6.46. The average Bonchev–Trinajstić information content (AvgIpc) is 2.89. The quantitative estimate of drug-likeness (QED) is 0.832. The summed E-state index contributed by atoms with van der Waals surface area (Å²) in [5.74, 6) is 0.485. The number of piperazine rings is 1. The summed E-state index contributed by atoms with van der Waals surface area (Å²) >= 11 is 0. The molecule has 20 heavy (non-hydrogen) atoms. The Hall–Kier alpha value is -2.15. The second-order valence-electron chi connectivity index (χ2n) is 4.92. The summed E-state index contributed by atoms with van der Waals surface area (Å²) in [6.07, 6.45) is 0. The van der Waals surface area contributed by atoms with Crippen LogP contribution in [-0.4, -0.2) is 48.3 Å². The fourth-order valence-corrected chi connectivity index (χ4v) is 2.19. The maximum absolute atomic E-state index is 13.0. The molecular weight excluding hydrogens is 261 g/mol. The van der Waals surface area contributed by atoms with Crippen LogP contribution in [0.2, 0.25) is 0 Å². The Kier molecular flexibility index (Phi) is 3.27. The Bertz CT molecular complexity index is 607. The highest BCUT2D eigenvalue weighted by Crippen LogP contribution is 2.26. The Morgan fingerprint density at radius 1 is 1.25 bits per heavy atom. The van der Waals surface area contributed by atoms with Crippen molar-refractivity contribution in [2.75, 3.05) is 43.9 Å². The molecule has 0 radical (unpaired) electrons. The first kappa shape index (κ1) is 12.9. The highest BCUT2D eigenvalue weighted by molar-refractivity contribution is 5.70. The molecule has 2 heterocycles. The van der Waals surface area contributed by atoms with Crippen LogP contribution in [0.4, 0.5) is 16.0 Å². The molecule has 3 rings (SSSR count). The van der Waals surface area contributed by atoms with Gasteiger partial charge >= 0.3 is 0 Å². The van der Waals surface area contributed by atoms with E-state index in [0.29, 0.717) is 23.1 Å². The fraction of sp³-hybridized carbons (Fsp3) is 0.385. The molecular formula is C13H16FN5O. The van der Waals surface area contributed by atoms with Gasteiger partial charge in [0.25, 0.3) is 11.8 Å². The van der Waals surface area contributed by atoms with Crippen molar-refractivity contribution < 1.29 is 8.91 Å². The molecule has 0 unspecified atom stereocenters. The van der Waals surface area contributed by atoms with Gasteiger partial charge in [0.2, 0.25) is 0 Å². The Morgan fingerprint density at radius 3 is 2.70 bits per heavy atom. The number of likely N-dealkylation sites (N-methyl/N-ethyl adjacent to an activating group) is 1. The van der Waals surface area contributed by atoms with Crippen LogP contribution in [0.1, 0.15) is 0 Å². The molecule has 0 amide bonds. The van der Waals surface area contributed by atoms with Crippen molar-refractivity contribution >= 4 is 11.6 Å². The smallest absolute Gasteiger partial charge is 0.266 e. The van der Waals surface area contributed by atoms with Crippen LogP contribution >= 0.6 is 0 Å². The minimum atomic E-state index is -0.384. The molecule has 0 bridgehead atoms. The van der Waals surface area contributed by atoms with Gasteiger partial charge in [0, 0.05) is 31.9 Å². The number of hydrogen-bond donors (Lipinski definition) is 1. The molecule has 106 valence electrons. The molecule has 7 heteroatoms. The zero-order valence-corrected chi connectivity index (χ0v) is 11.2. The fourth-order valence-electron chi connectivity index (χ4n) is 2.19. The van der Waals surface area contributed by atoms with E-state index in [4.69, 9.17) is 10.3 Å². The molecule has 0 saturated carbocycles. The Balaban J connectivity index is 1.83. The van der Waals surface area contributed by atoms with Crippen molar-refractivity contribution in [2.24, 2.45) is 0 Å². The summed E-state index contributed by atoms with van der Waals surface area (Å²) in [6, 6.07) is 4.12. The molecule has 0 atom stereocenters. The van der Waals surface area contributed by atoms with Crippen LogP contribution in [-0.2, 0) is 0 Å². The highest BCUT2D eigenvalue weighted by atomic mass is 19.1. The molecule has 1 aromatic carbocycles. The predicted octanol–water partition coefficient (Wildman–Crippen LogP) is 1.21. The molecule has 1 fully saturated rings. The average molecular weight is 277 g/mol. The topological polar surface area (TPSA) is 71.4 Å². The Labute approximate surface area is 116 Å². The maximum atomic E-state index is 13.0. The minimum absolute atomic E-state index is 0.290. The highest BCUT2D eigenvalue weighted by Gasteiger charge is 2.20. The number of anilines is 2. The second kappa shape index (κ2) is 5.09. The molecule has 0 spiro atoms. The molecule has 2 N–H and O–H groups in total. The van der Waals surface area contributed by atoms with E-state index >= 15 is 0 Å². The van der Waals surface area contributed by atoms with Gasteiger partial charge in [0.1, 0.15) is 5.82 Å². The van der Waals surface area contributed by atoms with Crippen LogP contribution in [0.3, 0.4) is 0 Å². The number of hydrogen-bond acceptors (Lipinski definition) is 6. The van der Waals surface area contributed by atoms with Crippen LogP contribution in [0.5, 0.6) is 0 Å². The van der Waals surface area contributed by atoms with E-state index in [1.807, 2.05) is 0 Å². The lowest BCUT2D eigenvalue weighted by molar-refractivity contribution is 0.309. The summed E-state index contributed by atoms with van der Waals surface area (Å²) in [5, 5.41) is 3.98. The number of benzene rings is 1. The number of aromatic nitrogens is 2. The summed E-state index contributed by atoms with van der Waals surface area (Å²) in [6.45, 7) is 3.63. The SMILES string of the molecule is CN1CCN(c2noc(-c3ccc(F)cc3N)n2)CC1. The van der Waals surface area contributed by atoms with Crippen molar-refractivity contribution in [3.63, 3.8) is 0 Å². The summed E-state index contributed by atoms with van der Waals surface area (Å²) in [4.78, 5) is 8.65. The zero-order valence-electron chi connectivity index (χ0n) is 11.2. The lowest BCUT2D eigenvalue weighted by Crippen LogP contribution is -2.44. The molecule has 1 aliphatic heterocycles. The van der Waals surface area contributed by atoms with E-state index in [1.54, 1.807) is 6.07 Å². The standard InChI is InChI=1S/C13H16FN5O/c1-18-4-6-19(7-5-18)13-16-12(20-17-13)10-3-2-9(14)8-11(10)15/h2-3,8H,4-7,15H2,1H3. The number of nitrogens with two attached hydrogens (primary N) is 1. The molecule has 1 saturated heterocycles. The van der Waals surface area contributed by atoms with Gasteiger partial charge in [-0.2, -0.15) is 4.98 Å². The first-order chi connectivity index (χ1) is 9.63. The molecule has 2 aromatic rings. The maximum Gasteiger partial charge on any atom is 0.266 e. The van der Waals surface area contributed by atoms with Crippen LogP contribution in [0, 0.1) is 5.82 Å². The van der Waals surface area contributed by atoms with Crippen molar-refractivity contribution in [3.05, 3.63) is 24.0 Å². The van der Waals surface area contributed by atoms with Crippen LogP contribution in [0.15, 0.2) is 22.7 Å². The second-order valence-corrected chi connectivity index (χ2v) is 4.92. The largest absolute Gasteiger partial charge is 0.398 e. The number of nitrogens with zero attached hydrogens (tertiary/aromatic N) is 4. The van der Waals surface area contributed by atoms with Crippen LogP contribution in [0.25, 0.3) is 11.5 Å². The van der Waals surface area contributed by atoms with Gasteiger partial charge < -0.3 is 20.1 Å². The normalized spacial score (nSPS) is 16.6. The van der Waals surface area contributed by atoms with Crippen molar-refractivity contribution in [3.8, 4) is 11.5 Å². The molecule has 1 aliphatic rings. The number of nitrogen functional groups attached to an aromatic ring is 1.